The normalized spacial score (nSPS) is 13.8. The standard InChI is InChI=1S/C18H20N4OS3/c23-17(19-8-7-14-3-1-9-24-14)12-26-18-21-20-16(22(18)13-5-6-13)11-15-4-2-10-25-15/h1-4,9-10,13H,5-8,11-12H2,(H,19,23). The van der Waals surface area contributed by atoms with Gasteiger partial charge in [-0.05, 0) is 42.2 Å². The highest BCUT2D eigenvalue weighted by Crippen LogP contribution is 2.39. The smallest absolute Gasteiger partial charge is 0.230 e. The summed E-state index contributed by atoms with van der Waals surface area (Å²) in [7, 11) is 0. The van der Waals surface area contributed by atoms with Crippen LogP contribution in [0, 0.1) is 0 Å². The van der Waals surface area contributed by atoms with Crippen LogP contribution in [-0.2, 0) is 17.6 Å². The molecule has 1 aliphatic rings. The van der Waals surface area contributed by atoms with E-state index < -0.39 is 0 Å². The summed E-state index contributed by atoms with van der Waals surface area (Å²) >= 11 is 4.95. The molecule has 136 valence electrons. The van der Waals surface area contributed by atoms with Crippen LogP contribution in [0.1, 0.15) is 34.5 Å². The molecule has 1 N–H and O–H groups in total. The SMILES string of the molecule is O=C(CSc1nnc(Cc2cccs2)n1C1CC1)NCCc1cccs1. The van der Waals surface area contributed by atoms with Gasteiger partial charge < -0.3 is 9.88 Å². The summed E-state index contributed by atoms with van der Waals surface area (Å²) < 4.78 is 2.24. The Bertz CT molecular complexity index is 838. The topological polar surface area (TPSA) is 59.8 Å². The van der Waals surface area contributed by atoms with Crippen LogP contribution in [0.2, 0.25) is 0 Å². The third-order valence-corrected chi connectivity index (χ3v) is 6.92. The highest BCUT2D eigenvalue weighted by Gasteiger charge is 2.29. The van der Waals surface area contributed by atoms with E-state index in [1.54, 1.807) is 22.7 Å². The average molecular weight is 405 g/mol. The molecule has 0 aliphatic heterocycles. The number of nitrogens with zero attached hydrogens (tertiary/aromatic N) is 3. The summed E-state index contributed by atoms with van der Waals surface area (Å²) in [4.78, 5) is 14.7. The quantitative estimate of drug-likeness (QED) is 0.552. The van der Waals surface area contributed by atoms with Crippen LogP contribution in [0.15, 0.2) is 40.2 Å². The maximum Gasteiger partial charge on any atom is 0.230 e. The van der Waals surface area contributed by atoms with Gasteiger partial charge in [-0.25, -0.2) is 0 Å². The number of aromatic nitrogens is 3. The number of thiophene rings is 2. The van der Waals surface area contributed by atoms with Gasteiger partial charge in [-0.1, -0.05) is 23.9 Å². The predicted molar refractivity (Wildman–Crippen MR) is 107 cm³/mol. The highest BCUT2D eigenvalue weighted by molar-refractivity contribution is 7.99. The first kappa shape index (κ1) is 17.8. The molecule has 3 aromatic rings. The summed E-state index contributed by atoms with van der Waals surface area (Å²) in [6, 6.07) is 8.83. The molecule has 5 nitrogen and oxygen atoms in total. The molecule has 3 heterocycles. The second-order valence-corrected chi connectivity index (χ2v) is 9.23. The molecule has 1 aliphatic carbocycles. The second kappa shape index (κ2) is 8.37. The highest BCUT2D eigenvalue weighted by atomic mass is 32.2. The third kappa shape index (κ3) is 4.55. The molecule has 0 saturated heterocycles. The monoisotopic (exact) mass is 404 g/mol. The number of rotatable bonds is 9. The fourth-order valence-electron chi connectivity index (χ4n) is 2.76. The largest absolute Gasteiger partial charge is 0.355 e. The van der Waals surface area contributed by atoms with Gasteiger partial charge in [-0.15, -0.1) is 32.9 Å². The van der Waals surface area contributed by atoms with Crippen LogP contribution in [0.5, 0.6) is 0 Å². The Morgan fingerprint density at radius 1 is 1.19 bits per heavy atom. The van der Waals surface area contributed by atoms with Gasteiger partial charge in [0.05, 0.1) is 5.75 Å². The lowest BCUT2D eigenvalue weighted by atomic mass is 10.3. The van der Waals surface area contributed by atoms with Gasteiger partial charge in [0.15, 0.2) is 5.16 Å². The van der Waals surface area contributed by atoms with Crippen LogP contribution in [0.25, 0.3) is 0 Å². The van der Waals surface area contributed by atoms with E-state index in [9.17, 15) is 4.79 Å². The summed E-state index contributed by atoms with van der Waals surface area (Å²) in [5.41, 5.74) is 0. The fourth-order valence-corrected chi connectivity index (χ4v) is 5.02. The van der Waals surface area contributed by atoms with Crippen molar-refractivity contribution in [2.24, 2.45) is 0 Å². The molecule has 1 saturated carbocycles. The Kier molecular flexibility index (Phi) is 5.72. The van der Waals surface area contributed by atoms with Gasteiger partial charge in [0.2, 0.25) is 5.91 Å². The molecular formula is C18H20N4OS3. The molecule has 0 aromatic carbocycles. The van der Waals surface area contributed by atoms with Crippen molar-refractivity contribution in [2.45, 2.75) is 36.9 Å². The van der Waals surface area contributed by atoms with E-state index in [1.807, 2.05) is 6.07 Å². The Balaban J connectivity index is 1.31. The van der Waals surface area contributed by atoms with Crippen molar-refractivity contribution >= 4 is 40.3 Å². The van der Waals surface area contributed by atoms with Crippen LogP contribution in [-0.4, -0.2) is 33.0 Å². The maximum absolute atomic E-state index is 12.1. The zero-order valence-electron chi connectivity index (χ0n) is 14.3. The molecule has 0 atom stereocenters. The van der Waals surface area contributed by atoms with Crippen molar-refractivity contribution in [2.75, 3.05) is 12.3 Å². The van der Waals surface area contributed by atoms with E-state index in [2.05, 4.69) is 49.0 Å². The van der Waals surface area contributed by atoms with Crippen molar-refractivity contribution in [1.29, 1.82) is 0 Å². The first-order chi connectivity index (χ1) is 12.8. The molecule has 0 radical (unpaired) electrons. The van der Waals surface area contributed by atoms with Gasteiger partial charge in [-0.2, -0.15) is 0 Å². The van der Waals surface area contributed by atoms with Crippen LogP contribution < -0.4 is 5.32 Å². The molecule has 3 aromatic heterocycles. The van der Waals surface area contributed by atoms with E-state index in [-0.39, 0.29) is 5.91 Å². The van der Waals surface area contributed by atoms with Crippen molar-refractivity contribution in [3.8, 4) is 0 Å². The Morgan fingerprint density at radius 3 is 2.65 bits per heavy atom. The minimum atomic E-state index is 0.0525. The van der Waals surface area contributed by atoms with Crippen molar-refractivity contribution in [3.05, 3.63) is 50.6 Å². The van der Waals surface area contributed by atoms with Crippen molar-refractivity contribution in [1.82, 2.24) is 20.1 Å². The van der Waals surface area contributed by atoms with Crippen LogP contribution in [0.3, 0.4) is 0 Å². The van der Waals surface area contributed by atoms with Crippen molar-refractivity contribution in [3.63, 3.8) is 0 Å². The van der Waals surface area contributed by atoms with Gasteiger partial charge in [-0.3, -0.25) is 4.79 Å². The number of hydrogen-bond acceptors (Lipinski definition) is 6. The zero-order valence-corrected chi connectivity index (χ0v) is 16.7. The summed E-state index contributed by atoms with van der Waals surface area (Å²) in [5, 5.41) is 16.8. The Hall–Kier alpha value is -1.64. The molecule has 26 heavy (non-hydrogen) atoms. The molecular weight excluding hydrogens is 384 g/mol. The Labute approximate surface area is 164 Å². The van der Waals surface area contributed by atoms with E-state index in [4.69, 9.17) is 0 Å². The maximum atomic E-state index is 12.1. The van der Waals surface area contributed by atoms with Crippen LogP contribution >= 0.6 is 34.4 Å². The number of amides is 1. The zero-order chi connectivity index (χ0) is 17.8. The lowest BCUT2D eigenvalue weighted by Crippen LogP contribution is -2.27. The second-order valence-electron chi connectivity index (χ2n) is 6.22. The minimum Gasteiger partial charge on any atom is -0.355 e. The van der Waals surface area contributed by atoms with Gasteiger partial charge in [0.1, 0.15) is 5.82 Å². The Morgan fingerprint density at radius 2 is 1.96 bits per heavy atom. The first-order valence-corrected chi connectivity index (χ1v) is 11.4. The van der Waals surface area contributed by atoms with Crippen molar-refractivity contribution < 1.29 is 4.79 Å². The lowest BCUT2D eigenvalue weighted by Gasteiger charge is -2.08. The van der Waals surface area contributed by atoms with E-state index >= 15 is 0 Å². The van der Waals surface area contributed by atoms with Gasteiger partial charge in [0, 0.05) is 28.8 Å². The molecule has 8 heteroatoms. The fraction of sp³-hybridized carbons (Fsp3) is 0.389. The van der Waals surface area contributed by atoms with Crippen LogP contribution in [0.4, 0.5) is 0 Å². The van der Waals surface area contributed by atoms with E-state index in [0.29, 0.717) is 18.3 Å². The molecule has 1 fully saturated rings. The summed E-state index contributed by atoms with van der Waals surface area (Å²) in [5.74, 6) is 1.45. The minimum absolute atomic E-state index is 0.0525. The van der Waals surface area contributed by atoms with E-state index in [1.165, 1.54) is 34.4 Å². The summed E-state index contributed by atoms with van der Waals surface area (Å²) in [6.07, 6.45) is 4.05. The number of thioether (sulfide) groups is 1. The van der Waals surface area contributed by atoms with Gasteiger partial charge >= 0.3 is 0 Å². The molecule has 0 spiro atoms. The molecule has 0 bridgehead atoms. The number of carbonyl (C=O) groups excluding carboxylic acids is 1. The average Bonchev–Trinajstić information content (AvgIpc) is 3.07. The number of carbonyl (C=O) groups is 1. The predicted octanol–water partition coefficient (Wildman–Crippen LogP) is 3.78. The molecule has 1 amide bonds. The lowest BCUT2D eigenvalue weighted by molar-refractivity contribution is -0.118. The molecule has 0 unspecified atom stereocenters. The number of nitrogens with one attached hydrogen (secondary N) is 1. The van der Waals surface area contributed by atoms with E-state index in [0.717, 1.165) is 23.8 Å². The number of hydrogen-bond donors (Lipinski definition) is 1. The molecule has 4 rings (SSSR count). The summed E-state index contributed by atoms with van der Waals surface area (Å²) in [6.45, 7) is 0.679. The first-order valence-electron chi connectivity index (χ1n) is 8.67. The van der Waals surface area contributed by atoms with Gasteiger partial charge in [0.25, 0.3) is 0 Å². The third-order valence-electron chi connectivity index (χ3n) is 4.17.